The molecule has 1 aromatic heterocycles. The fourth-order valence-electron chi connectivity index (χ4n) is 1.79. The van der Waals surface area contributed by atoms with Crippen LogP contribution in [0, 0.1) is 20.8 Å². The highest BCUT2D eigenvalue weighted by Crippen LogP contribution is 2.22. The predicted octanol–water partition coefficient (Wildman–Crippen LogP) is 3.48. The van der Waals surface area contributed by atoms with Crippen molar-refractivity contribution in [3.8, 4) is 5.75 Å². The van der Waals surface area contributed by atoms with Crippen molar-refractivity contribution in [2.45, 2.75) is 27.4 Å². The van der Waals surface area contributed by atoms with Crippen molar-refractivity contribution >= 4 is 5.97 Å². The highest BCUT2D eigenvalue weighted by atomic mass is 16.5. The maximum absolute atomic E-state index is 10.8. The van der Waals surface area contributed by atoms with Crippen LogP contribution in [0.2, 0.25) is 0 Å². The average Bonchev–Trinajstić information content (AvgIpc) is 2.72. The van der Waals surface area contributed by atoms with Crippen LogP contribution in [-0.4, -0.2) is 11.1 Å². The second kappa shape index (κ2) is 5.18. The van der Waals surface area contributed by atoms with Crippen molar-refractivity contribution in [3.05, 3.63) is 52.5 Å². The van der Waals surface area contributed by atoms with Crippen molar-refractivity contribution in [2.75, 3.05) is 0 Å². The van der Waals surface area contributed by atoms with Crippen molar-refractivity contribution in [3.63, 3.8) is 0 Å². The molecule has 0 unspecified atom stereocenters. The number of rotatable bonds is 4. The number of carboxylic acids is 1. The van der Waals surface area contributed by atoms with Crippen LogP contribution < -0.4 is 4.74 Å². The van der Waals surface area contributed by atoms with Crippen LogP contribution in [0.4, 0.5) is 0 Å². The summed E-state index contributed by atoms with van der Waals surface area (Å²) in [5.74, 6) is 0.248. The largest absolute Gasteiger partial charge is 0.488 e. The van der Waals surface area contributed by atoms with Crippen molar-refractivity contribution in [1.29, 1.82) is 0 Å². The maximum Gasteiger partial charge on any atom is 0.371 e. The Labute approximate surface area is 111 Å². The summed E-state index contributed by atoms with van der Waals surface area (Å²) in [5.41, 5.74) is 2.92. The molecule has 4 nitrogen and oxygen atoms in total. The van der Waals surface area contributed by atoms with Gasteiger partial charge < -0.3 is 14.3 Å². The lowest BCUT2D eigenvalue weighted by atomic mass is 10.1. The summed E-state index contributed by atoms with van der Waals surface area (Å²) in [6.45, 7) is 6.00. The number of carbonyl (C=O) groups is 1. The van der Waals surface area contributed by atoms with E-state index in [0.29, 0.717) is 12.4 Å². The lowest BCUT2D eigenvalue weighted by molar-refractivity contribution is 0.0661. The van der Waals surface area contributed by atoms with Gasteiger partial charge in [-0.25, -0.2) is 4.79 Å². The van der Waals surface area contributed by atoms with Gasteiger partial charge in [0.25, 0.3) is 0 Å². The smallest absolute Gasteiger partial charge is 0.371 e. The number of hydrogen-bond donors (Lipinski definition) is 1. The van der Waals surface area contributed by atoms with E-state index in [-0.39, 0.29) is 5.76 Å². The summed E-state index contributed by atoms with van der Waals surface area (Å²) in [4.78, 5) is 10.8. The normalized spacial score (nSPS) is 10.5. The second-order valence-electron chi connectivity index (χ2n) is 4.55. The molecule has 0 fully saturated rings. The molecule has 1 N–H and O–H groups in total. The number of carboxylic acid groups (broad SMARTS) is 1. The monoisotopic (exact) mass is 260 g/mol. The van der Waals surface area contributed by atoms with E-state index in [2.05, 4.69) is 0 Å². The molecule has 0 saturated heterocycles. The van der Waals surface area contributed by atoms with Gasteiger partial charge in [-0.3, -0.25) is 0 Å². The molecule has 1 aromatic carbocycles. The van der Waals surface area contributed by atoms with Gasteiger partial charge in [-0.15, -0.1) is 0 Å². The zero-order valence-electron chi connectivity index (χ0n) is 11.2. The minimum Gasteiger partial charge on any atom is -0.488 e. The Kier molecular flexibility index (Phi) is 3.60. The van der Waals surface area contributed by atoms with E-state index in [1.165, 1.54) is 6.07 Å². The Morgan fingerprint density at radius 1 is 1.26 bits per heavy atom. The van der Waals surface area contributed by atoms with Crippen LogP contribution in [-0.2, 0) is 6.61 Å². The third kappa shape index (κ3) is 2.96. The molecular weight excluding hydrogens is 244 g/mol. The zero-order chi connectivity index (χ0) is 14.0. The summed E-state index contributed by atoms with van der Waals surface area (Å²) >= 11 is 0. The summed E-state index contributed by atoms with van der Waals surface area (Å²) in [5, 5.41) is 8.85. The number of benzene rings is 1. The van der Waals surface area contributed by atoms with E-state index in [9.17, 15) is 4.79 Å². The van der Waals surface area contributed by atoms with Crippen molar-refractivity contribution in [1.82, 2.24) is 0 Å². The third-order valence-electron chi connectivity index (χ3n) is 2.96. The van der Waals surface area contributed by atoms with Crippen LogP contribution in [0.15, 0.2) is 28.7 Å². The van der Waals surface area contributed by atoms with Gasteiger partial charge in [0.15, 0.2) is 0 Å². The van der Waals surface area contributed by atoms with E-state index in [1.54, 1.807) is 6.92 Å². The standard InChI is InChI=1S/C15H16O4/c1-9-4-5-10(2)13(6-9)18-8-12-7-14(15(16)17)19-11(12)3/h4-7H,8H2,1-3H3,(H,16,17). The summed E-state index contributed by atoms with van der Waals surface area (Å²) in [7, 11) is 0. The molecule has 0 amide bonds. The third-order valence-corrected chi connectivity index (χ3v) is 2.96. The summed E-state index contributed by atoms with van der Waals surface area (Å²) < 4.78 is 10.9. The first kappa shape index (κ1) is 13.2. The van der Waals surface area contributed by atoms with E-state index in [1.807, 2.05) is 32.0 Å². The molecule has 0 aliphatic heterocycles. The van der Waals surface area contributed by atoms with E-state index < -0.39 is 5.97 Å². The van der Waals surface area contributed by atoms with Crippen molar-refractivity contribution < 1.29 is 19.1 Å². The van der Waals surface area contributed by atoms with Crippen LogP contribution >= 0.6 is 0 Å². The first-order valence-corrected chi connectivity index (χ1v) is 6.00. The molecule has 1 heterocycles. The Morgan fingerprint density at radius 3 is 2.63 bits per heavy atom. The molecule has 100 valence electrons. The van der Waals surface area contributed by atoms with Crippen LogP contribution in [0.25, 0.3) is 0 Å². The van der Waals surface area contributed by atoms with Gasteiger partial charge in [0, 0.05) is 5.56 Å². The molecule has 2 rings (SSSR count). The maximum atomic E-state index is 10.8. The predicted molar refractivity (Wildman–Crippen MR) is 70.7 cm³/mol. The molecule has 0 aliphatic carbocycles. The highest BCUT2D eigenvalue weighted by Gasteiger charge is 2.13. The molecule has 0 atom stereocenters. The Bertz CT molecular complexity index is 611. The summed E-state index contributed by atoms with van der Waals surface area (Å²) in [6, 6.07) is 7.48. The van der Waals surface area contributed by atoms with Gasteiger partial charge in [0.1, 0.15) is 18.1 Å². The SMILES string of the molecule is Cc1ccc(C)c(OCc2cc(C(=O)O)oc2C)c1. The molecular formula is C15H16O4. The number of aromatic carboxylic acids is 1. The zero-order valence-corrected chi connectivity index (χ0v) is 11.2. The fraction of sp³-hybridized carbons (Fsp3) is 0.267. The van der Waals surface area contributed by atoms with Crippen LogP contribution in [0.5, 0.6) is 5.75 Å². The quantitative estimate of drug-likeness (QED) is 0.914. The van der Waals surface area contributed by atoms with Gasteiger partial charge in [0.2, 0.25) is 5.76 Å². The van der Waals surface area contributed by atoms with Gasteiger partial charge >= 0.3 is 5.97 Å². The lowest BCUT2D eigenvalue weighted by Crippen LogP contribution is -1.98. The van der Waals surface area contributed by atoms with Gasteiger partial charge in [0.05, 0.1) is 0 Å². The molecule has 19 heavy (non-hydrogen) atoms. The van der Waals surface area contributed by atoms with Crippen molar-refractivity contribution in [2.24, 2.45) is 0 Å². The molecule has 4 heteroatoms. The first-order chi connectivity index (χ1) is 8.97. The number of aryl methyl sites for hydroxylation is 3. The molecule has 0 spiro atoms. The Hall–Kier alpha value is -2.23. The number of ether oxygens (including phenoxy) is 1. The summed E-state index contributed by atoms with van der Waals surface area (Å²) in [6.07, 6.45) is 0. The molecule has 0 radical (unpaired) electrons. The highest BCUT2D eigenvalue weighted by molar-refractivity contribution is 5.84. The van der Waals surface area contributed by atoms with Gasteiger partial charge in [-0.2, -0.15) is 0 Å². The second-order valence-corrected chi connectivity index (χ2v) is 4.55. The molecule has 0 saturated carbocycles. The first-order valence-electron chi connectivity index (χ1n) is 6.00. The van der Waals surface area contributed by atoms with Gasteiger partial charge in [-0.05, 0) is 44.0 Å². The minimum absolute atomic E-state index is 0.0583. The number of hydrogen-bond acceptors (Lipinski definition) is 3. The average molecular weight is 260 g/mol. The molecule has 0 bridgehead atoms. The molecule has 0 aliphatic rings. The Morgan fingerprint density at radius 2 is 2.00 bits per heavy atom. The van der Waals surface area contributed by atoms with E-state index >= 15 is 0 Å². The Balaban J connectivity index is 2.14. The van der Waals surface area contributed by atoms with E-state index in [0.717, 1.165) is 22.4 Å². The number of furan rings is 1. The van der Waals surface area contributed by atoms with E-state index in [4.69, 9.17) is 14.3 Å². The minimum atomic E-state index is -1.07. The lowest BCUT2D eigenvalue weighted by Gasteiger charge is -2.09. The van der Waals surface area contributed by atoms with Gasteiger partial charge in [-0.1, -0.05) is 12.1 Å². The fourth-order valence-corrected chi connectivity index (χ4v) is 1.79. The van der Waals surface area contributed by atoms with Crippen LogP contribution in [0.3, 0.4) is 0 Å². The topological polar surface area (TPSA) is 59.7 Å². The molecule has 2 aromatic rings. The van der Waals surface area contributed by atoms with Crippen LogP contribution in [0.1, 0.15) is 33.0 Å².